The zero-order valence-corrected chi connectivity index (χ0v) is 10.2. The van der Waals surface area contributed by atoms with Crippen LogP contribution in [0.2, 0.25) is 0 Å². The van der Waals surface area contributed by atoms with Crippen LogP contribution in [-0.4, -0.2) is 11.7 Å². The van der Waals surface area contributed by atoms with Crippen LogP contribution in [0, 0.1) is 12.7 Å². The zero-order valence-electron chi connectivity index (χ0n) is 9.43. The average Bonchev–Trinajstić information content (AvgIpc) is 2.19. The average molecular weight is 238 g/mol. The van der Waals surface area contributed by atoms with Gasteiger partial charge in [-0.1, -0.05) is 12.2 Å². The summed E-state index contributed by atoms with van der Waals surface area (Å²) in [6, 6.07) is 4.53. The molecule has 0 heterocycles. The van der Waals surface area contributed by atoms with Crippen LogP contribution in [0.25, 0.3) is 0 Å². The van der Waals surface area contributed by atoms with Crippen molar-refractivity contribution in [2.45, 2.75) is 13.8 Å². The highest BCUT2D eigenvalue weighted by Gasteiger charge is 2.01. The van der Waals surface area contributed by atoms with E-state index in [1.807, 2.05) is 13.8 Å². The van der Waals surface area contributed by atoms with Crippen LogP contribution in [0.1, 0.15) is 12.5 Å². The molecule has 4 heteroatoms. The van der Waals surface area contributed by atoms with Gasteiger partial charge < -0.3 is 10.6 Å². The van der Waals surface area contributed by atoms with Crippen molar-refractivity contribution >= 4 is 23.0 Å². The van der Waals surface area contributed by atoms with Crippen LogP contribution in [0.4, 0.5) is 10.1 Å². The molecule has 0 radical (unpaired) electrons. The van der Waals surface area contributed by atoms with E-state index in [-0.39, 0.29) is 5.82 Å². The standard InChI is InChI=1S/C12H15FN2S/c1-8(2)7-14-12(16)15-11-5-4-10(13)6-9(11)3/h4-6H,1,7H2,2-3H3,(H2,14,15,16). The maximum absolute atomic E-state index is 12.9. The summed E-state index contributed by atoms with van der Waals surface area (Å²) in [5, 5.41) is 6.52. The second-order valence-corrected chi connectivity index (χ2v) is 4.13. The Morgan fingerprint density at radius 3 is 2.75 bits per heavy atom. The summed E-state index contributed by atoms with van der Waals surface area (Å²) in [6.45, 7) is 8.14. The lowest BCUT2D eigenvalue weighted by atomic mass is 10.2. The summed E-state index contributed by atoms with van der Waals surface area (Å²) in [7, 11) is 0. The maximum atomic E-state index is 12.9. The number of halogens is 1. The Kier molecular flexibility index (Phi) is 4.43. The molecule has 1 aromatic carbocycles. The molecule has 86 valence electrons. The van der Waals surface area contributed by atoms with Gasteiger partial charge in [-0.25, -0.2) is 4.39 Å². The van der Waals surface area contributed by atoms with Gasteiger partial charge in [0.05, 0.1) is 0 Å². The molecule has 16 heavy (non-hydrogen) atoms. The number of aryl methyl sites for hydroxylation is 1. The Bertz CT molecular complexity index is 415. The SMILES string of the molecule is C=C(C)CNC(=S)Nc1ccc(F)cc1C. The third kappa shape index (κ3) is 3.98. The third-order valence-electron chi connectivity index (χ3n) is 1.99. The highest BCUT2D eigenvalue weighted by Crippen LogP contribution is 2.15. The summed E-state index contributed by atoms with van der Waals surface area (Å²) in [5.41, 5.74) is 2.63. The maximum Gasteiger partial charge on any atom is 0.171 e. The van der Waals surface area contributed by atoms with Crippen molar-refractivity contribution < 1.29 is 4.39 Å². The molecule has 0 saturated heterocycles. The molecule has 0 spiro atoms. The van der Waals surface area contributed by atoms with Gasteiger partial charge in [-0.05, 0) is 49.8 Å². The molecule has 0 bridgehead atoms. The van der Waals surface area contributed by atoms with Crippen molar-refractivity contribution in [3.05, 3.63) is 41.7 Å². The first-order valence-electron chi connectivity index (χ1n) is 4.94. The van der Waals surface area contributed by atoms with Gasteiger partial charge >= 0.3 is 0 Å². The third-order valence-corrected chi connectivity index (χ3v) is 2.23. The molecule has 2 N–H and O–H groups in total. The van der Waals surface area contributed by atoms with E-state index in [1.165, 1.54) is 12.1 Å². The lowest BCUT2D eigenvalue weighted by Gasteiger charge is -2.12. The number of anilines is 1. The lowest BCUT2D eigenvalue weighted by Crippen LogP contribution is -2.29. The molecule has 0 aliphatic carbocycles. The topological polar surface area (TPSA) is 24.1 Å². The predicted octanol–water partition coefficient (Wildman–Crippen LogP) is 3.00. The fourth-order valence-corrected chi connectivity index (χ4v) is 1.35. The van der Waals surface area contributed by atoms with Gasteiger partial charge in [-0.3, -0.25) is 0 Å². The number of rotatable bonds is 3. The van der Waals surface area contributed by atoms with E-state index in [0.29, 0.717) is 11.7 Å². The number of nitrogens with one attached hydrogen (secondary N) is 2. The van der Waals surface area contributed by atoms with Crippen LogP contribution >= 0.6 is 12.2 Å². The molecule has 0 aliphatic rings. The van der Waals surface area contributed by atoms with E-state index in [9.17, 15) is 4.39 Å². The first kappa shape index (κ1) is 12.6. The van der Waals surface area contributed by atoms with Gasteiger partial charge in [-0.15, -0.1) is 0 Å². The fourth-order valence-electron chi connectivity index (χ4n) is 1.17. The van der Waals surface area contributed by atoms with E-state index >= 15 is 0 Å². The van der Waals surface area contributed by atoms with Crippen LogP contribution in [-0.2, 0) is 0 Å². The van der Waals surface area contributed by atoms with Crippen molar-refractivity contribution in [3.8, 4) is 0 Å². The van der Waals surface area contributed by atoms with Gasteiger partial charge in [0.25, 0.3) is 0 Å². The molecule has 0 unspecified atom stereocenters. The molecular formula is C12H15FN2S. The first-order valence-corrected chi connectivity index (χ1v) is 5.35. The minimum atomic E-state index is -0.246. The first-order chi connectivity index (χ1) is 7.49. The van der Waals surface area contributed by atoms with Crippen molar-refractivity contribution in [1.82, 2.24) is 5.32 Å². The predicted molar refractivity (Wildman–Crippen MR) is 70.2 cm³/mol. The Balaban J connectivity index is 2.59. The van der Waals surface area contributed by atoms with E-state index < -0.39 is 0 Å². The van der Waals surface area contributed by atoms with Crippen LogP contribution in [0.3, 0.4) is 0 Å². The van der Waals surface area contributed by atoms with Crippen LogP contribution in [0.5, 0.6) is 0 Å². The molecule has 0 saturated carbocycles. The lowest BCUT2D eigenvalue weighted by molar-refractivity contribution is 0.627. The molecule has 0 fully saturated rings. The largest absolute Gasteiger partial charge is 0.359 e. The number of thiocarbonyl (C=S) groups is 1. The van der Waals surface area contributed by atoms with E-state index in [4.69, 9.17) is 12.2 Å². The van der Waals surface area contributed by atoms with Crippen molar-refractivity contribution in [1.29, 1.82) is 0 Å². The number of hydrogen-bond acceptors (Lipinski definition) is 1. The fraction of sp³-hybridized carbons (Fsp3) is 0.250. The molecule has 0 amide bonds. The normalized spacial score (nSPS) is 9.69. The molecule has 0 aromatic heterocycles. The molecule has 0 aliphatic heterocycles. The molecule has 1 aromatic rings. The summed E-state index contributed by atoms with van der Waals surface area (Å²) in [6.07, 6.45) is 0. The monoisotopic (exact) mass is 238 g/mol. The van der Waals surface area contributed by atoms with Gasteiger partial charge in [0.1, 0.15) is 5.82 Å². The van der Waals surface area contributed by atoms with Crippen LogP contribution < -0.4 is 10.6 Å². The number of hydrogen-bond donors (Lipinski definition) is 2. The van der Waals surface area contributed by atoms with E-state index in [1.54, 1.807) is 6.07 Å². The van der Waals surface area contributed by atoms with Crippen molar-refractivity contribution in [3.63, 3.8) is 0 Å². The molecular weight excluding hydrogens is 223 g/mol. The summed E-state index contributed by atoms with van der Waals surface area (Å²) in [5.74, 6) is -0.246. The smallest absolute Gasteiger partial charge is 0.171 e. The van der Waals surface area contributed by atoms with Gasteiger partial charge in [0.15, 0.2) is 5.11 Å². The molecule has 2 nitrogen and oxygen atoms in total. The van der Waals surface area contributed by atoms with Crippen LogP contribution in [0.15, 0.2) is 30.4 Å². The quantitative estimate of drug-likeness (QED) is 0.625. The second kappa shape index (κ2) is 5.61. The van der Waals surface area contributed by atoms with Crippen molar-refractivity contribution in [2.75, 3.05) is 11.9 Å². The number of benzene rings is 1. The Morgan fingerprint density at radius 2 is 2.19 bits per heavy atom. The Labute approximate surface area is 101 Å². The minimum absolute atomic E-state index is 0.246. The van der Waals surface area contributed by atoms with E-state index in [2.05, 4.69) is 17.2 Å². The molecule has 0 atom stereocenters. The highest BCUT2D eigenvalue weighted by molar-refractivity contribution is 7.80. The van der Waals surface area contributed by atoms with Gasteiger partial charge in [0, 0.05) is 12.2 Å². The molecule has 1 rings (SSSR count). The minimum Gasteiger partial charge on any atom is -0.359 e. The summed E-state index contributed by atoms with van der Waals surface area (Å²) < 4.78 is 12.9. The van der Waals surface area contributed by atoms with Crippen molar-refractivity contribution in [2.24, 2.45) is 0 Å². The van der Waals surface area contributed by atoms with E-state index in [0.717, 1.165) is 16.8 Å². The summed E-state index contributed by atoms with van der Waals surface area (Å²) in [4.78, 5) is 0. The second-order valence-electron chi connectivity index (χ2n) is 3.72. The summed E-state index contributed by atoms with van der Waals surface area (Å²) >= 11 is 5.09. The van der Waals surface area contributed by atoms with Gasteiger partial charge in [-0.2, -0.15) is 0 Å². The Hall–Kier alpha value is -1.42. The zero-order chi connectivity index (χ0) is 12.1. The highest BCUT2D eigenvalue weighted by atomic mass is 32.1. The Morgan fingerprint density at radius 1 is 1.50 bits per heavy atom. The van der Waals surface area contributed by atoms with Gasteiger partial charge in [0.2, 0.25) is 0 Å².